The van der Waals surface area contributed by atoms with Crippen LogP contribution in [-0.2, 0) is 10.7 Å². The first kappa shape index (κ1) is 19.2. The van der Waals surface area contributed by atoms with E-state index >= 15 is 0 Å². The highest BCUT2D eigenvalue weighted by atomic mass is 79.9. The third kappa shape index (κ3) is 3.72. The first-order valence-electron chi connectivity index (χ1n) is 9.30. The van der Waals surface area contributed by atoms with E-state index in [1.165, 1.54) is 44.5 Å². The van der Waals surface area contributed by atoms with Gasteiger partial charge in [-0.25, -0.2) is 0 Å². The Bertz CT molecular complexity index is 981. The van der Waals surface area contributed by atoms with Crippen LogP contribution in [0.4, 0.5) is 0 Å². The third-order valence-electron chi connectivity index (χ3n) is 5.08. The minimum absolute atomic E-state index is 0.810. The maximum atomic E-state index is 3.75. The van der Waals surface area contributed by atoms with Crippen molar-refractivity contribution in [3.8, 4) is 33.4 Å². The normalized spacial score (nSPS) is 10.8. The van der Waals surface area contributed by atoms with Gasteiger partial charge in [0.2, 0.25) is 0 Å². The molecule has 4 rings (SSSR count). The minimum atomic E-state index is 0.810. The molecule has 0 radical (unpaired) electrons. The van der Waals surface area contributed by atoms with E-state index in [2.05, 4.69) is 129 Å². The van der Waals surface area contributed by atoms with Crippen LogP contribution in [0.3, 0.4) is 0 Å². The highest BCUT2D eigenvalue weighted by Gasteiger charge is 2.16. The zero-order valence-electron chi connectivity index (χ0n) is 15.4. The molecular formula is C26H20Br2. The summed E-state index contributed by atoms with van der Waals surface area (Å²) in [6.07, 6.45) is 0. The summed E-state index contributed by atoms with van der Waals surface area (Å²) in [5.41, 5.74) is 10.3. The molecule has 4 aromatic rings. The summed E-state index contributed by atoms with van der Waals surface area (Å²) in [5, 5.41) is 1.62. The van der Waals surface area contributed by atoms with Crippen LogP contribution in [0.25, 0.3) is 33.4 Å². The molecular weight excluding hydrogens is 472 g/mol. The lowest BCUT2D eigenvalue weighted by molar-refractivity contribution is 1.37. The van der Waals surface area contributed by atoms with Gasteiger partial charge in [0.1, 0.15) is 0 Å². The fraction of sp³-hybridized carbons (Fsp3) is 0.0769. The molecule has 0 aromatic heterocycles. The standard InChI is InChI=1S/C26H20Br2/c27-17-25-21(19-9-3-1-4-10-19)13-7-15-23(25)24-16-8-14-22(26(24)18-28)20-11-5-2-6-12-20/h1-16H,17-18H2. The Kier molecular flexibility index (Phi) is 6.09. The van der Waals surface area contributed by atoms with Gasteiger partial charge in [0.25, 0.3) is 0 Å². The Balaban J connectivity index is 1.93. The lowest BCUT2D eigenvalue weighted by atomic mass is 9.88. The van der Waals surface area contributed by atoms with Gasteiger partial charge < -0.3 is 0 Å². The summed E-state index contributed by atoms with van der Waals surface area (Å²) in [6, 6.07) is 34.4. The average molecular weight is 492 g/mol. The van der Waals surface area contributed by atoms with Gasteiger partial charge in [-0.3, -0.25) is 0 Å². The summed E-state index contributed by atoms with van der Waals surface area (Å²) in [5.74, 6) is 0. The predicted octanol–water partition coefficient (Wildman–Crippen LogP) is 8.48. The molecule has 138 valence electrons. The zero-order valence-corrected chi connectivity index (χ0v) is 18.6. The number of halogens is 2. The lowest BCUT2D eigenvalue weighted by Gasteiger charge is -2.18. The second-order valence-electron chi connectivity index (χ2n) is 6.66. The average Bonchev–Trinajstić information content (AvgIpc) is 2.79. The second kappa shape index (κ2) is 8.89. The molecule has 2 heteroatoms. The summed E-state index contributed by atoms with van der Waals surface area (Å²) < 4.78 is 0. The Hall–Kier alpha value is -2.16. The SMILES string of the molecule is BrCc1c(-c2ccccc2)cccc1-c1cccc(-c2ccccc2)c1CBr. The molecule has 0 spiro atoms. The van der Waals surface area contributed by atoms with E-state index in [4.69, 9.17) is 0 Å². The van der Waals surface area contributed by atoms with Gasteiger partial charge in [-0.05, 0) is 44.5 Å². The maximum Gasteiger partial charge on any atom is 0.0295 e. The molecule has 0 aliphatic carbocycles. The molecule has 0 nitrogen and oxygen atoms in total. The summed E-state index contributed by atoms with van der Waals surface area (Å²) in [6.45, 7) is 0. The van der Waals surface area contributed by atoms with Crippen molar-refractivity contribution >= 4 is 31.9 Å². The largest absolute Gasteiger partial charge is 0.0876 e. The van der Waals surface area contributed by atoms with E-state index < -0.39 is 0 Å². The Morgan fingerprint density at radius 2 is 0.750 bits per heavy atom. The molecule has 0 aliphatic heterocycles. The van der Waals surface area contributed by atoms with E-state index in [1.54, 1.807) is 0 Å². The summed E-state index contributed by atoms with van der Waals surface area (Å²) in [7, 11) is 0. The molecule has 0 heterocycles. The molecule has 4 aromatic carbocycles. The molecule has 0 fully saturated rings. The van der Waals surface area contributed by atoms with Crippen molar-refractivity contribution in [2.24, 2.45) is 0 Å². The van der Waals surface area contributed by atoms with Crippen molar-refractivity contribution in [3.63, 3.8) is 0 Å². The van der Waals surface area contributed by atoms with Crippen LogP contribution in [-0.4, -0.2) is 0 Å². The first-order valence-corrected chi connectivity index (χ1v) is 11.5. The number of benzene rings is 4. The number of hydrogen-bond donors (Lipinski definition) is 0. The van der Waals surface area contributed by atoms with Crippen LogP contribution < -0.4 is 0 Å². The Morgan fingerprint density at radius 1 is 0.393 bits per heavy atom. The molecule has 0 saturated heterocycles. The van der Waals surface area contributed by atoms with Crippen molar-refractivity contribution in [2.45, 2.75) is 10.7 Å². The third-order valence-corrected chi connectivity index (χ3v) is 6.20. The van der Waals surface area contributed by atoms with Crippen molar-refractivity contribution in [2.75, 3.05) is 0 Å². The summed E-state index contributed by atoms with van der Waals surface area (Å²) in [4.78, 5) is 0. The van der Waals surface area contributed by atoms with Gasteiger partial charge in [-0.2, -0.15) is 0 Å². The molecule has 0 bridgehead atoms. The second-order valence-corrected chi connectivity index (χ2v) is 7.78. The lowest BCUT2D eigenvalue weighted by Crippen LogP contribution is -1.96. The van der Waals surface area contributed by atoms with Crippen LogP contribution in [0, 0.1) is 0 Å². The van der Waals surface area contributed by atoms with Crippen molar-refractivity contribution < 1.29 is 0 Å². The van der Waals surface area contributed by atoms with Crippen molar-refractivity contribution in [1.29, 1.82) is 0 Å². The monoisotopic (exact) mass is 490 g/mol. The van der Waals surface area contributed by atoms with Crippen LogP contribution >= 0.6 is 31.9 Å². The van der Waals surface area contributed by atoms with Crippen molar-refractivity contribution in [1.82, 2.24) is 0 Å². The van der Waals surface area contributed by atoms with E-state index in [1.807, 2.05) is 0 Å². The molecule has 28 heavy (non-hydrogen) atoms. The summed E-state index contributed by atoms with van der Waals surface area (Å²) >= 11 is 7.50. The first-order chi connectivity index (χ1) is 13.8. The Morgan fingerprint density at radius 3 is 1.11 bits per heavy atom. The van der Waals surface area contributed by atoms with E-state index in [0.717, 1.165) is 10.7 Å². The fourth-order valence-corrected chi connectivity index (χ4v) is 4.95. The number of rotatable bonds is 5. The number of alkyl halides is 2. The van der Waals surface area contributed by atoms with Gasteiger partial charge in [0.15, 0.2) is 0 Å². The predicted molar refractivity (Wildman–Crippen MR) is 128 cm³/mol. The van der Waals surface area contributed by atoms with E-state index in [0.29, 0.717) is 0 Å². The van der Waals surface area contributed by atoms with Gasteiger partial charge in [0, 0.05) is 10.7 Å². The van der Waals surface area contributed by atoms with Gasteiger partial charge >= 0.3 is 0 Å². The van der Waals surface area contributed by atoms with E-state index in [-0.39, 0.29) is 0 Å². The highest BCUT2D eigenvalue weighted by Crippen LogP contribution is 2.39. The molecule has 0 atom stereocenters. The highest BCUT2D eigenvalue weighted by molar-refractivity contribution is 9.08. The maximum absolute atomic E-state index is 3.75. The Labute approximate surface area is 183 Å². The smallest absolute Gasteiger partial charge is 0.0295 e. The molecule has 0 unspecified atom stereocenters. The molecule has 0 saturated carbocycles. The van der Waals surface area contributed by atoms with Gasteiger partial charge in [0.05, 0.1) is 0 Å². The molecule has 0 aliphatic rings. The van der Waals surface area contributed by atoms with Crippen LogP contribution in [0.15, 0.2) is 97.1 Å². The topological polar surface area (TPSA) is 0 Å². The van der Waals surface area contributed by atoms with E-state index in [9.17, 15) is 0 Å². The van der Waals surface area contributed by atoms with Gasteiger partial charge in [-0.1, -0.05) is 129 Å². The van der Waals surface area contributed by atoms with Crippen molar-refractivity contribution in [3.05, 3.63) is 108 Å². The molecule has 0 N–H and O–H groups in total. The fourth-order valence-electron chi connectivity index (χ4n) is 3.74. The quantitative estimate of drug-likeness (QED) is 0.245. The molecule has 0 amide bonds. The van der Waals surface area contributed by atoms with Crippen LogP contribution in [0.1, 0.15) is 11.1 Å². The number of hydrogen-bond acceptors (Lipinski definition) is 0. The minimum Gasteiger partial charge on any atom is -0.0876 e. The van der Waals surface area contributed by atoms with Gasteiger partial charge in [-0.15, -0.1) is 0 Å². The van der Waals surface area contributed by atoms with Crippen LogP contribution in [0.2, 0.25) is 0 Å². The van der Waals surface area contributed by atoms with Crippen LogP contribution in [0.5, 0.6) is 0 Å². The zero-order chi connectivity index (χ0) is 19.3.